The molecule has 1 aromatic heterocycles. The summed E-state index contributed by atoms with van der Waals surface area (Å²) in [7, 11) is 0. The third kappa shape index (κ3) is 8.14. The zero-order chi connectivity index (χ0) is 30.6. The number of fused-ring (bicyclic) bond motifs is 1. The Morgan fingerprint density at radius 1 is 1.23 bits per heavy atom. The highest BCUT2D eigenvalue weighted by Crippen LogP contribution is 2.43. The van der Waals surface area contributed by atoms with E-state index in [0.717, 1.165) is 68.6 Å². The van der Waals surface area contributed by atoms with Gasteiger partial charge in [0.2, 0.25) is 0 Å². The molecule has 3 aliphatic rings. The highest BCUT2D eigenvalue weighted by atomic mass is 19.1. The molecule has 3 unspecified atom stereocenters. The average Bonchev–Trinajstić information content (AvgIpc) is 3.58. The van der Waals surface area contributed by atoms with Gasteiger partial charge in [0.25, 0.3) is 0 Å². The van der Waals surface area contributed by atoms with Gasteiger partial charge in [-0.15, -0.1) is 0 Å². The van der Waals surface area contributed by atoms with Crippen LogP contribution < -0.4 is 5.32 Å². The Kier molecular flexibility index (Phi) is 10.1. The summed E-state index contributed by atoms with van der Waals surface area (Å²) in [4.78, 5) is 20.8. The number of esters is 1. The number of benzene rings is 1. The van der Waals surface area contributed by atoms with Crippen molar-refractivity contribution in [1.82, 2.24) is 9.88 Å². The molecule has 5 rings (SSSR count). The topological polar surface area (TPSA) is 72.9 Å². The lowest BCUT2D eigenvalue weighted by molar-refractivity contribution is -0.163. The molecule has 2 fully saturated rings. The number of anilines is 1. The molecule has 0 bridgehead atoms. The van der Waals surface area contributed by atoms with E-state index in [1.54, 1.807) is 6.07 Å². The first kappa shape index (κ1) is 31.9. The Morgan fingerprint density at radius 3 is 2.84 bits per heavy atom. The van der Waals surface area contributed by atoms with Crippen LogP contribution in [0.2, 0.25) is 0 Å². The fraction of sp³-hybridized carbons (Fsp3) is 0.657. The molecule has 0 aliphatic carbocycles. The fourth-order valence-corrected chi connectivity index (χ4v) is 6.44. The van der Waals surface area contributed by atoms with Crippen molar-refractivity contribution in [2.45, 2.75) is 122 Å². The Hall–Kier alpha value is -2.55. The van der Waals surface area contributed by atoms with E-state index in [4.69, 9.17) is 19.2 Å². The van der Waals surface area contributed by atoms with Gasteiger partial charge in [-0.1, -0.05) is 19.1 Å². The van der Waals surface area contributed by atoms with Gasteiger partial charge in [-0.3, -0.25) is 4.90 Å². The van der Waals surface area contributed by atoms with Gasteiger partial charge in [-0.25, -0.2) is 14.2 Å². The second-order valence-electron chi connectivity index (χ2n) is 13.7. The van der Waals surface area contributed by atoms with Crippen molar-refractivity contribution in [3.05, 3.63) is 58.5 Å². The predicted octanol–water partition coefficient (Wildman–Crippen LogP) is 7.10. The summed E-state index contributed by atoms with van der Waals surface area (Å²) in [5.41, 5.74) is 3.08. The molecule has 3 atom stereocenters. The number of likely N-dealkylation sites (tertiary alicyclic amines) is 1. The van der Waals surface area contributed by atoms with Crippen molar-refractivity contribution >= 4 is 11.8 Å². The van der Waals surface area contributed by atoms with Gasteiger partial charge in [0.15, 0.2) is 0 Å². The van der Waals surface area contributed by atoms with E-state index in [1.165, 1.54) is 24.1 Å². The molecule has 7 nitrogen and oxygen atoms in total. The standard InChI is InChI=1S/C35H50FN3O4/c1-6-34(2,3)43-33(40)31(29-22-25(36)13-15-28(29)30-16-18-35(4,5)42-30)39-20-17-27(23-39)41-21-8-7-11-26-14-12-24-10-9-19-37-32(24)38-26/h12-15,22,27,30-31H,6-11,16-21,23H2,1-5H3,(H,37,38). The van der Waals surface area contributed by atoms with Gasteiger partial charge in [-0.05, 0) is 120 Å². The maximum absolute atomic E-state index is 14.8. The van der Waals surface area contributed by atoms with Gasteiger partial charge in [0.1, 0.15) is 23.3 Å². The summed E-state index contributed by atoms with van der Waals surface area (Å²) in [6.07, 6.45) is 8.22. The Morgan fingerprint density at radius 2 is 2.07 bits per heavy atom. The van der Waals surface area contributed by atoms with Crippen LogP contribution in [0.3, 0.4) is 0 Å². The lowest BCUT2D eigenvalue weighted by Crippen LogP contribution is -2.39. The van der Waals surface area contributed by atoms with Crippen molar-refractivity contribution in [3.8, 4) is 0 Å². The molecule has 2 saturated heterocycles. The number of pyridine rings is 1. The van der Waals surface area contributed by atoms with Gasteiger partial charge >= 0.3 is 5.97 Å². The van der Waals surface area contributed by atoms with E-state index in [9.17, 15) is 9.18 Å². The molecule has 236 valence electrons. The first-order valence-electron chi connectivity index (χ1n) is 16.3. The van der Waals surface area contributed by atoms with E-state index in [-0.39, 0.29) is 29.6 Å². The van der Waals surface area contributed by atoms with E-state index in [1.807, 2.05) is 20.8 Å². The molecular weight excluding hydrogens is 545 g/mol. The van der Waals surface area contributed by atoms with Crippen LogP contribution in [0, 0.1) is 5.82 Å². The van der Waals surface area contributed by atoms with Gasteiger partial charge < -0.3 is 19.5 Å². The molecule has 0 radical (unpaired) electrons. The third-order valence-corrected chi connectivity index (χ3v) is 9.29. The number of halogens is 1. The van der Waals surface area contributed by atoms with Crippen molar-refractivity contribution in [1.29, 1.82) is 0 Å². The van der Waals surface area contributed by atoms with Crippen molar-refractivity contribution in [3.63, 3.8) is 0 Å². The van der Waals surface area contributed by atoms with Crippen molar-refractivity contribution in [2.24, 2.45) is 0 Å². The highest BCUT2D eigenvalue weighted by molar-refractivity contribution is 5.79. The minimum absolute atomic E-state index is 0.0132. The number of nitrogens with one attached hydrogen (secondary N) is 1. The number of nitrogens with zero attached hydrogens (tertiary/aromatic N) is 2. The second-order valence-corrected chi connectivity index (χ2v) is 13.7. The van der Waals surface area contributed by atoms with Crippen LogP contribution in [0.25, 0.3) is 0 Å². The van der Waals surface area contributed by atoms with Gasteiger partial charge in [-0.2, -0.15) is 0 Å². The summed E-state index contributed by atoms with van der Waals surface area (Å²) in [6, 6.07) is 8.41. The first-order chi connectivity index (χ1) is 20.5. The number of ether oxygens (including phenoxy) is 3. The lowest BCUT2D eigenvalue weighted by Gasteiger charge is -2.33. The molecular formula is C35H50FN3O4. The molecule has 0 saturated carbocycles. The fourth-order valence-electron chi connectivity index (χ4n) is 6.44. The Bertz CT molecular complexity index is 1270. The smallest absolute Gasteiger partial charge is 0.328 e. The molecule has 8 heteroatoms. The maximum Gasteiger partial charge on any atom is 0.328 e. The predicted molar refractivity (Wildman–Crippen MR) is 167 cm³/mol. The average molecular weight is 596 g/mol. The van der Waals surface area contributed by atoms with Crippen LogP contribution in [0.5, 0.6) is 0 Å². The largest absolute Gasteiger partial charge is 0.458 e. The quantitative estimate of drug-likeness (QED) is 0.207. The number of rotatable bonds is 12. The molecule has 43 heavy (non-hydrogen) atoms. The van der Waals surface area contributed by atoms with E-state index < -0.39 is 11.6 Å². The zero-order valence-corrected chi connectivity index (χ0v) is 26.7. The van der Waals surface area contributed by atoms with Crippen molar-refractivity contribution in [2.75, 3.05) is 31.6 Å². The number of carbonyl (C=O) groups excluding carboxylic acids is 1. The molecule has 0 amide bonds. The number of carbonyl (C=O) groups is 1. The normalized spacial score (nSPS) is 22.7. The zero-order valence-electron chi connectivity index (χ0n) is 26.7. The van der Waals surface area contributed by atoms with E-state index >= 15 is 0 Å². The lowest BCUT2D eigenvalue weighted by atomic mass is 9.93. The van der Waals surface area contributed by atoms with Crippen LogP contribution in [0.15, 0.2) is 30.3 Å². The van der Waals surface area contributed by atoms with Crippen LogP contribution >= 0.6 is 0 Å². The number of aromatic nitrogens is 1. The Labute approximate surface area is 256 Å². The number of unbranched alkanes of at least 4 members (excludes halogenated alkanes) is 1. The van der Waals surface area contributed by atoms with Crippen LogP contribution in [-0.2, 0) is 31.8 Å². The maximum atomic E-state index is 14.8. The summed E-state index contributed by atoms with van der Waals surface area (Å²) < 4.78 is 33.5. The van der Waals surface area contributed by atoms with Crippen molar-refractivity contribution < 1.29 is 23.4 Å². The molecule has 0 spiro atoms. The minimum atomic E-state index is -0.721. The monoisotopic (exact) mass is 595 g/mol. The number of aryl methyl sites for hydroxylation is 2. The summed E-state index contributed by atoms with van der Waals surface area (Å²) >= 11 is 0. The molecule has 4 heterocycles. The SMILES string of the molecule is CCC(C)(C)OC(=O)C(c1cc(F)ccc1C1CCC(C)(C)O1)N1CCC(OCCCCc2ccc3c(n2)NCCC3)C1. The van der Waals surface area contributed by atoms with Gasteiger partial charge in [0, 0.05) is 31.9 Å². The van der Waals surface area contributed by atoms with E-state index in [0.29, 0.717) is 31.7 Å². The van der Waals surface area contributed by atoms with Gasteiger partial charge in [0.05, 0.1) is 17.8 Å². The van der Waals surface area contributed by atoms with Crippen LogP contribution in [0.1, 0.15) is 114 Å². The molecule has 1 N–H and O–H groups in total. The number of hydrogen-bond donors (Lipinski definition) is 1. The minimum Gasteiger partial charge on any atom is -0.458 e. The second kappa shape index (κ2) is 13.6. The summed E-state index contributed by atoms with van der Waals surface area (Å²) in [5.74, 6) is 0.342. The first-order valence-corrected chi connectivity index (χ1v) is 16.3. The summed E-state index contributed by atoms with van der Waals surface area (Å²) in [5, 5.41) is 3.41. The highest BCUT2D eigenvalue weighted by Gasteiger charge is 2.41. The number of hydrogen-bond acceptors (Lipinski definition) is 7. The molecule has 3 aliphatic heterocycles. The molecule has 2 aromatic rings. The van der Waals surface area contributed by atoms with Crippen LogP contribution in [0.4, 0.5) is 10.2 Å². The molecule has 1 aromatic carbocycles. The third-order valence-electron chi connectivity index (χ3n) is 9.29. The summed E-state index contributed by atoms with van der Waals surface area (Å²) in [6.45, 7) is 12.9. The Balaban J connectivity index is 1.22. The van der Waals surface area contributed by atoms with E-state index in [2.05, 4.69) is 36.2 Å². The van der Waals surface area contributed by atoms with Crippen LogP contribution in [-0.4, -0.2) is 59.4 Å².